The molecule has 5 rings (SSSR count). The van der Waals surface area contributed by atoms with E-state index in [1.54, 1.807) is 30.2 Å². The minimum Gasteiger partial charge on any atom is -0.404 e. The second-order valence-corrected chi connectivity index (χ2v) is 9.37. The van der Waals surface area contributed by atoms with Gasteiger partial charge in [0.15, 0.2) is 0 Å². The van der Waals surface area contributed by atoms with Crippen molar-refractivity contribution < 1.29 is 4.79 Å². The highest BCUT2D eigenvalue weighted by molar-refractivity contribution is 6.10. The number of nitrogens with two attached hydrogens (primary N) is 1. The molecule has 0 spiro atoms. The van der Waals surface area contributed by atoms with E-state index in [0.29, 0.717) is 43.7 Å². The standard InChI is InChI=1S/C29H29N9O/c1-20-3-4-21(15-33-20)11-28(39)37-9-7-36(8-10-37)27-6-5-22(17-34-27)26-12-23(24(13-30)16-32-2)19-38-29(26)25(14-31)18-35-38/h3-6,12-13,15-19H,7-11,30H2,1-2H3. The summed E-state index contributed by atoms with van der Waals surface area (Å²) in [7, 11) is 1.69. The van der Waals surface area contributed by atoms with Gasteiger partial charge in [0.2, 0.25) is 5.91 Å². The molecule has 1 aliphatic heterocycles. The summed E-state index contributed by atoms with van der Waals surface area (Å²) in [6.07, 6.45) is 10.5. The van der Waals surface area contributed by atoms with Crippen molar-refractivity contribution in [1.29, 1.82) is 5.26 Å². The van der Waals surface area contributed by atoms with Gasteiger partial charge in [0.1, 0.15) is 11.9 Å². The molecule has 2 N–H and O–H groups in total. The lowest BCUT2D eigenvalue weighted by Gasteiger charge is -2.35. The number of carbonyl (C=O) groups excluding carboxylic acids is 1. The smallest absolute Gasteiger partial charge is 0.227 e. The molecule has 0 atom stereocenters. The summed E-state index contributed by atoms with van der Waals surface area (Å²) >= 11 is 0. The van der Waals surface area contributed by atoms with Gasteiger partial charge in [-0.15, -0.1) is 0 Å². The molecule has 1 saturated heterocycles. The van der Waals surface area contributed by atoms with Crippen molar-refractivity contribution in [3.8, 4) is 17.2 Å². The molecule has 4 aromatic rings. The van der Waals surface area contributed by atoms with Crippen molar-refractivity contribution in [2.75, 3.05) is 38.1 Å². The van der Waals surface area contributed by atoms with E-state index in [2.05, 4.69) is 26.0 Å². The van der Waals surface area contributed by atoms with Crippen LogP contribution in [0.5, 0.6) is 0 Å². The Hall–Kier alpha value is -5.04. The molecule has 0 unspecified atom stereocenters. The molecule has 1 fully saturated rings. The minimum atomic E-state index is 0.112. The summed E-state index contributed by atoms with van der Waals surface area (Å²) < 4.78 is 1.69. The minimum absolute atomic E-state index is 0.112. The van der Waals surface area contributed by atoms with Crippen molar-refractivity contribution >= 4 is 29.0 Å². The van der Waals surface area contributed by atoms with E-state index in [1.165, 1.54) is 6.20 Å². The zero-order valence-electron chi connectivity index (χ0n) is 21.9. The lowest BCUT2D eigenvalue weighted by molar-refractivity contribution is -0.130. The summed E-state index contributed by atoms with van der Waals surface area (Å²) in [5.74, 6) is 0.955. The van der Waals surface area contributed by atoms with Gasteiger partial charge in [-0.05, 0) is 36.8 Å². The Kier molecular flexibility index (Phi) is 7.32. The molecule has 196 valence electrons. The van der Waals surface area contributed by atoms with Gasteiger partial charge in [0, 0.05) is 92.2 Å². The maximum atomic E-state index is 12.8. The van der Waals surface area contributed by atoms with Crippen molar-refractivity contribution in [1.82, 2.24) is 24.5 Å². The molecule has 0 radical (unpaired) electrons. The van der Waals surface area contributed by atoms with Crippen molar-refractivity contribution in [2.45, 2.75) is 13.3 Å². The van der Waals surface area contributed by atoms with E-state index in [9.17, 15) is 10.1 Å². The maximum Gasteiger partial charge on any atom is 0.227 e. The molecule has 10 nitrogen and oxygen atoms in total. The molecular weight excluding hydrogens is 490 g/mol. The summed E-state index contributed by atoms with van der Waals surface area (Å²) in [6.45, 7) is 4.61. The Morgan fingerprint density at radius 3 is 2.59 bits per heavy atom. The highest BCUT2D eigenvalue weighted by Crippen LogP contribution is 2.30. The lowest BCUT2D eigenvalue weighted by atomic mass is 10.0. The van der Waals surface area contributed by atoms with Crippen molar-refractivity contribution in [2.24, 2.45) is 10.7 Å². The van der Waals surface area contributed by atoms with Gasteiger partial charge in [-0.2, -0.15) is 10.4 Å². The van der Waals surface area contributed by atoms with E-state index in [0.717, 1.165) is 39.3 Å². The first-order valence-electron chi connectivity index (χ1n) is 12.7. The second-order valence-electron chi connectivity index (χ2n) is 9.37. The number of nitriles is 1. The van der Waals surface area contributed by atoms with Gasteiger partial charge < -0.3 is 15.5 Å². The van der Waals surface area contributed by atoms with Crippen LogP contribution in [-0.4, -0.2) is 69.8 Å². The van der Waals surface area contributed by atoms with Gasteiger partial charge in [0.25, 0.3) is 0 Å². The third-order valence-electron chi connectivity index (χ3n) is 6.86. The number of aromatic nitrogens is 4. The Morgan fingerprint density at radius 1 is 1.13 bits per heavy atom. The zero-order chi connectivity index (χ0) is 27.4. The summed E-state index contributed by atoms with van der Waals surface area (Å²) in [4.78, 5) is 30.0. The number of aryl methyl sites for hydroxylation is 1. The molecule has 10 heteroatoms. The van der Waals surface area contributed by atoms with Gasteiger partial charge in [-0.3, -0.25) is 14.8 Å². The molecule has 0 bridgehead atoms. The topological polar surface area (TPSA) is 129 Å². The molecule has 0 aliphatic carbocycles. The van der Waals surface area contributed by atoms with Gasteiger partial charge >= 0.3 is 0 Å². The second kappa shape index (κ2) is 11.1. The van der Waals surface area contributed by atoms with Gasteiger partial charge in [0.05, 0.1) is 23.7 Å². The van der Waals surface area contributed by atoms with Crippen LogP contribution < -0.4 is 10.6 Å². The molecule has 1 amide bonds. The number of hydrogen-bond donors (Lipinski definition) is 1. The molecule has 4 aromatic heterocycles. The number of allylic oxidation sites excluding steroid dienone is 1. The number of amides is 1. The highest BCUT2D eigenvalue weighted by atomic mass is 16.2. The molecular formula is C29H29N9O. The van der Waals surface area contributed by atoms with Crippen LogP contribution in [0.25, 0.3) is 22.2 Å². The number of nitrogens with zero attached hydrogens (tertiary/aromatic N) is 8. The van der Waals surface area contributed by atoms with Crippen molar-refractivity contribution in [3.63, 3.8) is 0 Å². The first kappa shape index (κ1) is 25.6. The average Bonchev–Trinajstić information content (AvgIpc) is 3.40. The van der Waals surface area contributed by atoms with E-state index in [1.807, 2.05) is 54.5 Å². The number of hydrogen-bond acceptors (Lipinski definition) is 8. The van der Waals surface area contributed by atoms with Crippen LogP contribution in [0.3, 0.4) is 0 Å². The molecule has 1 aliphatic rings. The quantitative estimate of drug-likeness (QED) is 0.388. The number of carbonyl (C=O) groups is 1. The number of piperazine rings is 1. The third-order valence-corrected chi connectivity index (χ3v) is 6.86. The first-order valence-corrected chi connectivity index (χ1v) is 12.7. The van der Waals surface area contributed by atoms with Crippen LogP contribution in [0.1, 0.15) is 22.4 Å². The monoisotopic (exact) mass is 519 g/mol. The van der Waals surface area contributed by atoms with E-state index in [4.69, 9.17) is 10.7 Å². The van der Waals surface area contributed by atoms with Gasteiger partial charge in [-0.1, -0.05) is 6.07 Å². The average molecular weight is 520 g/mol. The molecule has 0 saturated carbocycles. The molecule has 5 heterocycles. The van der Waals surface area contributed by atoms with Crippen LogP contribution in [0, 0.1) is 18.3 Å². The fourth-order valence-corrected chi connectivity index (χ4v) is 4.74. The van der Waals surface area contributed by atoms with E-state index < -0.39 is 0 Å². The summed E-state index contributed by atoms with van der Waals surface area (Å²) in [6, 6.07) is 12.1. The fourth-order valence-electron chi connectivity index (χ4n) is 4.74. The van der Waals surface area contributed by atoms with Gasteiger partial charge in [-0.25, -0.2) is 9.50 Å². The summed E-state index contributed by atoms with van der Waals surface area (Å²) in [5, 5.41) is 14.0. The lowest BCUT2D eigenvalue weighted by Crippen LogP contribution is -2.49. The largest absolute Gasteiger partial charge is 0.404 e. The van der Waals surface area contributed by atoms with E-state index >= 15 is 0 Å². The van der Waals surface area contributed by atoms with Crippen LogP contribution in [-0.2, 0) is 11.2 Å². The SMILES string of the molecule is CN=CC(=CN)c1cc(-c2ccc(N3CCN(C(=O)Cc4ccc(C)nc4)CC3)nc2)c2c(C#N)cnn2c1. The molecule has 0 aromatic carbocycles. The van der Waals surface area contributed by atoms with E-state index in [-0.39, 0.29) is 5.91 Å². The molecule has 39 heavy (non-hydrogen) atoms. The van der Waals surface area contributed by atoms with Crippen LogP contribution in [0.2, 0.25) is 0 Å². The predicted molar refractivity (Wildman–Crippen MR) is 151 cm³/mol. The highest BCUT2D eigenvalue weighted by Gasteiger charge is 2.22. The Morgan fingerprint density at radius 2 is 1.95 bits per heavy atom. The number of rotatable bonds is 6. The zero-order valence-corrected chi connectivity index (χ0v) is 21.9. The maximum absolute atomic E-state index is 12.8. The Labute approximate surface area is 226 Å². The Balaban J connectivity index is 1.33. The number of pyridine rings is 3. The van der Waals surface area contributed by atoms with Crippen LogP contribution in [0.15, 0.2) is 66.3 Å². The number of fused-ring (bicyclic) bond motifs is 1. The predicted octanol–water partition coefficient (Wildman–Crippen LogP) is 2.86. The van der Waals surface area contributed by atoms with Crippen LogP contribution in [0.4, 0.5) is 5.82 Å². The van der Waals surface area contributed by atoms with Crippen molar-refractivity contribution in [3.05, 3.63) is 83.7 Å². The normalized spacial score (nSPS) is 14.2. The number of aliphatic imine (C=N–C) groups is 1. The van der Waals surface area contributed by atoms with Crippen LogP contribution >= 0.6 is 0 Å². The third kappa shape index (κ3) is 5.33. The Bertz CT molecular complexity index is 1590. The first-order chi connectivity index (χ1) is 19.0. The summed E-state index contributed by atoms with van der Waals surface area (Å²) in [5.41, 5.74) is 12.1. The number of anilines is 1. The fraction of sp³-hybridized carbons (Fsp3) is 0.241.